The fourth-order valence-electron chi connectivity index (χ4n) is 2.49. The van der Waals surface area contributed by atoms with Crippen LogP contribution >= 0.6 is 0 Å². The summed E-state index contributed by atoms with van der Waals surface area (Å²) in [7, 11) is 4.51. The number of halogens is 6. The molecule has 0 radical (unpaired) electrons. The van der Waals surface area contributed by atoms with Gasteiger partial charge >= 0.3 is 36.4 Å². The van der Waals surface area contributed by atoms with Gasteiger partial charge in [-0.25, -0.2) is 0 Å². The third kappa shape index (κ3) is 11.3. The SMILES string of the molecule is CC(C)(C)c1ccc(C[N+](C)(C)c2ccccc2)cc1.[F][Sb-]([F])([F])([F])([F])[F]. The first-order valence-corrected chi connectivity index (χ1v) is 14.1. The van der Waals surface area contributed by atoms with Gasteiger partial charge in [0.1, 0.15) is 12.2 Å². The summed E-state index contributed by atoms with van der Waals surface area (Å²) in [5.74, 6) is 0. The van der Waals surface area contributed by atoms with Crippen molar-refractivity contribution in [2.45, 2.75) is 32.7 Å². The van der Waals surface area contributed by atoms with Crippen LogP contribution in [0.3, 0.4) is 0 Å². The quantitative estimate of drug-likeness (QED) is 0.243. The van der Waals surface area contributed by atoms with Crippen molar-refractivity contribution in [3.63, 3.8) is 0 Å². The third-order valence-corrected chi connectivity index (χ3v) is 3.85. The van der Waals surface area contributed by atoms with Gasteiger partial charge in [-0.05, 0) is 23.1 Å². The molecule has 0 aliphatic rings. The summed E-state index contributed by atoms with van der Waals surface area (Å²) in [5, 5.41) is 0. The van der Waals surface area contributed by atoms with Gasteiger partial charge in [0, 0.05) is 5.56 Å². The summed E-state index contributed by atoms with van der Waals surface area (Å²) in [5.41, 5.74) is 4.34. The van der Waals surface area contributed by atoms with Crippen molar-refractivity contribution >= 4 is 25.2 Å². The van der Waals surface area contributed by atoms with Crippen LogP contribution in [0.15, 0.2) is 54.6 Å². The van der Waals surface area contributed by atoms with E-state index in [0.29, 0.717) is 0 Å². The Balaban J connectivity index is 0.000000445. The van der Waals surface area contributed by atoms with Gasteiger partial charge in [0.2, 0.25) is 0 Å². The molecule has 0 amide bonds. The zero-order valence-electron chi connectivity index (χ0n) is 16.1. The van der Waals surface area contributed by atoms with Crippen LogP contribution in [0.4, 0.5) is 22.6 Å². The standard InChI is InChI=1S/C19H26N.6FH.Sb/c1-19(2,3)17-13-11-16(12-14-17)15-20(4,5)18-9-7-6-8-10-18;;;;;;;/h6-14H,15H2,1-5H3;6*1H;/q+1;;;;;;;+5/p-6. The topological polar surface area (TPSA) is 0 Å². The van der Waals surface area contributed by atoms with Crippen LogP contribution in [0.2, 0.25) is 0 Å². The number of rotatable bonds is 3. The Hall–Kier alpha value is -1.20. The average molecular weight is 504 g/mol. The van der Waals surface area contributed by atoms with Crippen molar-refractivity contribution in [1.29, 1.82) is 0 Å². The molecule has 0 fully saturated rings. The Kier molecular flexibility index (Phi) is 6.18. The summed E-state index contributed by atoms with van der Waals surface area (Å²) < 4.78 is 60.4. The van der Waals surface area contributed by atoms with E-state index in [4.69, 9.17) is 0 Å². The van der Waals surface area contributed by atoms with Gasteiger partial charge in [0.15, 0.2) is 0 Å². The monoisotopic (exact) mass is 503 g/mol. The molecule has 0 bridgehead atoms. The van der Waals surface area contributed by atoms with E-state index in [-0.39, 0.29) is 5.41 Å². The van der Waals surface area contributed by atoms with Crippen LogP contribution in [0.25, 0.3) is 0 Å². The molecule has 0 aliphatic carbocycles. The molecule has 0 N–H and O–H groups in total. The molecule has 1 nitrogen and oxygen atoms in total. The fraction of sp³-hybridized carbons (Fsp3) is 0.368. The predicted molar refractivity (Wildman–Crippen MR) is 101 cm³/mol. The van der Waals surface area contributed by atoms with E-state index in [2.05, 4.69) is 89.5 Å². The Morgan fingerprint density at radius 2 is 1.15 bits per heavy atom. The van der Waals surface area contributed by atoms with Crippen LogP contribution in [0, 0.1) is 0 Å². The number of hydrogen-bond acceptors (Lipinski definition) is 0. The molecule has 2 aromatic rings. The van der Waals surface area contributed by atoms with Gasteiger partial charge in [-0.3, -0.25) is 4.48 Å². The van der Waals surface area contributed by atoms with Crippen molar-refractivity contribution in [1.82, 2.24) is 4.48 Å². The number of hydrogen-bond donors (Lipinski definition) is 0. The molecular weight excluding hydrogens is 478 g/mol. The number of benzene rings is 2. The molecule has 27 heavy (non-hydrogen) atoms. The second-order valence-electron chi connectivity index (χ2n) is 8.08. The van der Waals surface area contributed by atoms with Crippen molar-refractivity contribution in [2.75, 3.05) is 14.1 Å². The molecule has 0 atom stereocenters. The maximum atomic E-state index is 9.93. The molecule has 0 saturated carbocycles. The number of nitrogens with zero attached hydrogens (tertiary/aromatic N) is 1. The molecule has 2 aromatic carbocycles. The minimum absolute atomic E-state index is 0.225. The van der Waals surface area contributed by atoms with Crippen molar-refractivity contribution in [2.24, 2.45) is 0 Å². The second kappa shape index (κ2) is 7.00. The van der Waals surface area contributed by atoms with Gasteiger partial charge in [-0.15, -0.1) is 0 Å². The van der Waals surface area contributed by atoms with Crippen molar-refractivity contribution in [3.05, 3.63) is 65.7 Å². The van der Waals surface area contributed by atoms with E-state index < -0.39 is 19.5 Å². The molecule has 0 aromatic heterocycles. The van der Waals surface area contributed by atoms with Crippen LogP contribution in [-0.2, 0) is 12.0 Å². The predicted octanol–water partition coefficient (Wildman–Crippen LogP) is 6.89. The number of quaternary nitrogens is 1. The van der Waals surface area contributed by atoms with E-state index in [9.17, 15) is 16.9 Å². The summed E-state index contributed by atoms with van der Waals surface area (Å²) in [6, 6.07) is 19.7. The summed E-state index contributed by atoms with van der Waals surface area (Å²) in [6.45, 7) is 7.78. The van der Waals surface area contributed by atoms with E-state index in [1.807, 2.05) is 0 Å². The number of para-hydroxylation sites is 1. The molecule has 0 saturated heterocycles. The third-order valence-electron chi connectivity index (χ3n) is 3.85. The van der Waals surface area contributed by atoms with Crippen LogP contribution in [0.1, 0.15) is 31.9 Å². The zero-order chi connectivity index (χ0) is 21.2. The molecule has 0 unspecified atom stereocenters. The van der Waals surface area contributed by atoms with Gasteiger partial charge in [-0.2, -0.15) is 0 Å². The molecular formula is C19H26F6NSb. The molecule has 154 valence electrons. The fourth-order valence-corrected chi connectivity index (χ4v) is 2.49. The zero-order valence-corrected chi connectivity index (χ0v) is 18.6. The first-order chi connectivity index (χ1) is 11.7. The molecule has 0 spiro atoms. The van der Waals surface area contributed by atoms with E-state index in [1.165, 1.54) is 16.8 Å². The van der Waals surface area contributed by atoms with Gasteiger partial charge in [0.25, 0.3) is 0 Å². The Labute approximate surface area is 159 Å². The minimum atomic E-state index is -11.2. The van der Waals surface area contributed by atoms with Gasteiger partial charge in [0.05, 0.1) is 14.1 Å². The summed E-state index contributed by atoms with van der Waals surface area (Å²) in [6.07, 6.45) is 0. The first kappa shape index (κ1) is 23.8. The normalized spacial score (nSPS) is 15.2. The van der Waals surface area contributed by atoms with Crippen LogP contribution in [-0.4, -0.2) is 33.6 Å². The van der Waals surface area contributed by atoms with Crippen molar-refractivity contribution in [3.8, 4) is 0 Å². The maximum absolute atomic E-state index is 11.2. The second-order valence-corrected chi connectivity index (χ2v) is 13.6. The average Bonchev–Trinajstić information content (AvgIpc) is 2.44. The Bertz CT molecular complexity index is 733. The summed E-state index contributed by atoms with van der Waals surface area (Å²) >= 11 is -11.2. The van der Waals surface area contributed by atoms with Crippen LogP contribution < -0.4 is 4.48 Å². The molecule has 8 heteroatoms. The van der Waals surface area contributed by atoms with Gasteiger partial charge < -0.3 is 0 Å². The molecule has 0 aliphatic heterocycles. The van der Waals surface area contributed by atoms with E-state index >= 15 is 0 Å². The van der Waals surface area contributed by atoms with E-state index in [1.54, 1.807) is 0 Å². The van der Waals surface area contributed by atoms with Gasteiger partial charge in [-0.1, -0.05) is 63.2 Å². The summed E-state index contributed by atoms with van der Waals surface area (Å²) in [4.78, 5) is 0. The molecule has 0 heterocycles. The van der Waals surface area contributed by atoms with Crippen molar-refractivity contribution < 1.29 is 16.9 Å². The molecule has 2 rings (SSSR count). The van der Waals surface area contributed by atoms with Crippen LogP contribution in [0.5, 0.6) is 0 Å². The Morgan fingerprint density at radius 1 is 0.741 bits per heavy atom. The van der Waals surface area contributed by atoms with E-state index in [0.717, 1.165) is 11.0 Å². The Morgan fingerprint density at radius 3 is 1.52 bits per heavy atom. The first-order valence-electron chi connectivity index (χ1n) is 8.28.